The summed E-state index contributed by atoms with van der Waals surface area (Å²) in [6, 6.07) is 7.64. The number of hydrogen-bond donors (Lipinski definition) is 1. The van der Waals surface area contributed by atoms with Crippen LogP contribution < -0.4 is 5.32 Å². The van der Waals surface area contributed by atoms with E-state index in [1.807, 2.05) is 36.1 Å². The molecule has 0 radical (unpaired) electrons. The first-order valence-corrected chi connectivity index (χ1v) is 6.87. The first-order valence-electron chi connectivity index (χ1n) is 6.49. The van der Waals surface area contributed by atoms with Crippen LogP contribution >= 0.6 is 11.6 Å². The molecule has 0 aromatic heterocycles. The molecule has 0 spiro atoms. The second-order valence-corrected chi connectivity index (χ2v) is 5.05. The average Bonchev–Trinajstić information content (AvgIpc) is 2.69. The second kappa shape index (κ2) is 5.72. The number of hydrogen-bond acceptors (Lipinski definition) is 2. The van der Waals surface area contributed by atoms with Crippen molar-refractivity contribution in [2.45, 2.75) is 38.9 Å². The van der Waals surface area contributed by atoms with Gasteiger partial charge in [-0.3, -0.25) is 10.1 Å². The molecule has 1 aliphatic rings. The highest BCUT2D eigenvalue weighted by Crippen LogP contribution is 2.27. The SMILES string of the molecule is CCCN1C(=O)C(CC)NC1c1ccc(Cl)cc1. The minimum absolute atomic E-state index is 0.0142. The molecule has 18 heavy (non-hydrogen) atoms. The highest BCUT2D eigenvalue weighted by Gasteiger charge is 2.37. The number of halogens is 1. The summed E-state index contributed by atoms with van der Waals surface area (Å²) < 4.78 is 0. The number of nitrogens with one attached hydrogen (secondary N) is 1. The van der Waals surface area contributed by atoms with Gasteiger partial charge in [0.05, 0.1) is 6.04 Å². The van der Waals surface area contributed by atoms with E-state index in [4.69, 9.17) is 11.6 Å². The summed E-state index contributed by atoms with van der Waals surface area (Å²) in [6.07, 6.45) is 1.77. The van der Waals surface area contributed by atoms with Gasteiger partial charge in [0.1, 0.15) is 6.17 Å². The van der Waals surface area contributed by atoms with E-state index in [1.165, 1.54) is 0 Å². The van der Waals surface area contributed by atoms with Crippen LogP contribution in [0.25, 0.3) is 0 Å². The van der Waals surface area contributed by atoms with E-state index in [9.17, 15) is 4.79 Å². The second-order valence-electron chi connectivity index (χ2n) is 4.61. The molecular formula is C14H19ClN2O. The summed E-state index contributed by atoms with van der Waals surface area (Å²) >= 11 is 5.90. The fraction of sp³-hybridized carbons (Fsp3) is 0.500. The van der Waals surface area contributed by atoms with Crippen LogP contribution in [-0.2, 0) is 4.79 Å². The molecular weight excluding hydrogens is 248 g/mol. The Morgan fingerprint density at radius 2 is 1.94 bits per heavy atom. The van der Waals surface area contributed by atoms with Crippen LogP contribution in [0.5, 0.6) is 0 Å². The summed E-state index contributed by atoms with van der Waals surface area (Å²) in [4.78, 5) is 14.1. The number of benzene rings is 1. The number of carbonyl (C=O) groups excluding carboxylic acids is 1. The minimum Gasteiger partial charge on any atom is -0.322 e. The molecule has 1 aromatic carbocycles. The minimum atomic E-state index is -0.0581. The third-order valence-electron chi connectivity index (χ3n) is 3.31. The van der Waals surface area contributed by atoms with E-state index < -0.39 is 0 Å². The van der Waals surface area contributed by atoms with Gasteiger partial charge in [-0.05, 0) is 30.5 Å². The quantitative estimate of drug-likeness (QED) is 0.909. The molecule has 0 saturated carbocycles. The molecule has 2 rings (SSSR count). The van der Waals surface area contributed by atoms with Gasteiger partial charge in [0.15, 0.2) is 0 Å². The molecule has 1 amide bonds. The zero-order valence-corrected chi connectivity index (χ0v) is 11.6. The average molecular weight is 267 g/mol. The van der Waals surface area contributed by atoms with Crippen LogP contribution in [0.2, 0.25) is 5.02 Å². The van der Waals surface area contributed by atoms with Crippen LogP contribution in [0.4, 0.5) is 0 Å². The molecule has 1 fully saturated rings. The molecule has 1 saturated heterocycles. The zero-order chi connectivity index (χ0) is 13.1. The van der Waals surface area contributed by atoms with Gasteiger partial charge < -0.3 is 4.90 Å². The Hall–Kier alpha value is -1.06. The fourth-order valence-corrected chi connectivity index (χ4v) is 2.50. The summed E-state index contributed by atoms with van der Waals surface area (Å²) in [5.41, 5.74) is 1.09. The van der Waals surface area contributed by atoms with Crippen molar-refractivity contribution in [3.05, 3.63) is 34.9 Å². The van der Waals surface area contributed by atoms with Crippen LogP contribution in [-0.4, -0.2) is 23.4 Å². The molecule has 1 aromatic rings. The maximum absolute atomic E-state index is 12.2. The maximum Gasteiger partial charge on any atom is 0.241 e. The van der Waals surface area contributed by atoms with Crippen molar-refractivity contribution in [2.75, 3.05) is 6.54 Å². The van der Waals surface area contributed by atoms with Gasteiger partial charge in [0, 0.05) is 11.6 Å². The van der Waals surface area contributed by atoms with E-state index in [0.717, 1.165) is 30.0 Å². The van der Waals surface area contributed by atoms with Crippen molar-refractivity contribution >= 4 is 17.5 Å². The van der Waals surface area contributed by atoms with Crippen molar-refractivity contribution in [3.63, 3.8) is 0 Å². The number of amides is 1. The predicted molar refractivity (Wildman–Crippen MR) is 73.4 cm³/mol. The van der Waals surface area contributed by atoms with Gasteiger partial charge in [-0.25, -0.2) is 0 Å². The summed E-state index contributed by atoms with van der Waals surface area (Å²) in [5, 5.41) is 4.11. The van der Waals surface area contributed by atoms with Crippen molar-refractivity contribution in [1.29, 1.82) is 0 Å². The van der Waals surface area contributed by atoms with Crippen LogP contribution in [0.3, 0.4) is 0 Å². The summed E-state index contributed by atoms with van der Waals surface area (Å²) in [5.74, 6) is 0.208. The zero-order valence-electron chi connectivity index (χ0n) is 10.8. The Labute approximate surface area is 113 Å². The molecule has 1 heterocycles. The summed E-state index contributed by atoms with van der Waals surface area (Å²) in [7, 11) is 0. The van der Waals surface area contributed by atoms with Gasteiger partial charge in [-0.1, -0.05) is 37.6 Å². The van der Waals surface area contributed by atoms with Crippen LogP contribution in [0.1, 0.15) is 38.4 Å². The van der Waals surface area contributed by atoms with Crippen LogP contribution in [0, 0.1) is 0 Å². The van der Waals surface area contributed by atoms with Gasteiger partial charge in [-0.2, -0.15) is 0 Å². The summed E-state index contributed by atoms with van der Waals surface area (Å²) in [6.45, 7) is 4.91. The monoisotopic (exact) mass is 266 g/mol. The molecule has 4 heteroatoms. The lowest BCUT2D eigenvalue weighted by atomic mass is 10.1. The molecule has 1 N–H and O–H groups in total. The Bertz CT molecular complexity index is 418. The fourth-order valence-electron chi connectivity index (χ4n) is 2.37. The van der Waals surface area contributed by atoms with Gasteiger partial charge in [-0.15, -0.1) is 0 Å². The standard InChI is InChI=1S/C14H19ClN2O/c1-3-9-17-13(16-12(4-2)14(17)18)10-5-7-11(15)8-6-10/h5-8,12-13,16H,3-4,9H2,1-2H3. The van der Waals surface area contributed by atoms with Crippen molar-refractivity contribution in [3.8, 4) is 0 Å². The normalized spacial score (nSPS) is 23.7. The smallest absolute Gasteiger partial charge is 0.241 e. The maximum atomic E-state index is 12.2. The van der Waals surface area contributed by atoms with E-state index in [-0.39, 0.29) is 18.1 Å². The Kier molecular flexibility index (Phi) is 4.25. The molecule has 2 unspecified atom stereocenters. The molecule has 2 atom stereocenters. The third-order valence-corrected chi connectivity index (χ3v) is 3.56. The highest BCUT2D eigenvalue weighted by molar-refractivity contribution is 6.30. The van der Waals surface area contributed by atoms with Crippen molar-refractivity contribution < 1.29 is 4.79 Å². The first kappa shape index (κ1) is 13.4. The van der Waals surface area contributed by atoms with E-state index in [2.05, 4.69) is 12.2 Å². The number of nitrogens with zero attached hydrogens (tertiary/aromatic N) is 1. The first-order chi connectivity index (χ1) is 8.67. The Morgan fingerprint density at radius 1 is 1.28 bits per heavy atom. The third kappa shape index (κ3) is 2.52. The van der Waals surface area contributed by atoms with E-state index in [0.29, 0.717) is 0 Å². The molecule has 0 aliphatic carbocycles. The predicted octanol–water partition coefficient (Wildman–Crippen LogP) is 2.96. The van der Waals surface area contributed by atoms with Gasteiger partial charge in [0.2, 0.25) is 5.91 Å². The van der Waals surface area contributed by atoms with Gasteiger partial charge in [0.25, 0.3) is 0 Å². The number of rotatable bonds is 4. The van der Waals surface area contributed by atoms with Crippen molar-refractivity contribution in [2.24, 2.45) is 0 Å². The lowest BCUT2D eigenvalue weighted by molar-refractivity contribution is -0.130. The highest BCUT2D eigenvalue weighted by atomic mass is 35.5. The van der Waals surface area contributed by atoms with E-state index >= 15 is 0 Å². The molecule has 98 valence electrons. The van der Waals surface area contributed by atoms with Gasteiger partial charge >= 0.3 is 0 Å². The number of carbonyl (C=O) groups is 1. The largest absolute Gasteiger partial charge is 0.322 e. The lowest BCUT2D eigenvalue weighted by Gasteiger charge is -2.24. The van der Waals surface area contributed by atoms with Crippen molar-refractivity contribution in [1.82, 2.24) is 10.2 Å². The van der Waals surface area contributed by atoms with E-state index in [1.54, 1.807) is 0 Å². The molecule has 1 aliphatic heterocycles. The molecule has 3 nitrogen and oxygen atoms in total. The van der Waals surface area contributed by atoms with Crippen LogP contribution in [0.15, 0.2) is 24.3 Å². The Morgan fingerprint density at radius 3 is 2.50 bits per heavy atom. The topological polar surface area (TPSA) is 32.3 Å². The molecule has 0 bridgehead atoms. The lowest BCUT2D eigenvalue weighted by Crippen LogP contribution is -2.31. The Balaban J connectivity index is 2.24.